The standard InChI is InChI=1S/C23H18ClNO5/c1-29-18-11-12-19(24)21(14-18)30-17-9-7-15(8-10-17)13-20(23(27)28)25-22(26)16-5-3-2-4-6-16/h2-14H,1H3,(H,25,26)(H,27,28)/b20-13+. The minimum atomic E-state index is -1.25. The number of rotatable bonds is 7. The first-order valence-corrected chi connectivity index (χ1v) is 9.27. The fourth-order valence-corrected chi connectivity index (χ4v) is 2.71. The van der Waals surface area contributed by atoms with Gasteiger partial charge in [0.1, 0.15) is 22.9 Å². The van der Waals surface area contributed by atoms with Crippen LogP contribution >= 0.6 is 11.6 Å². The number of aliphatic carboxylic acids is 1. The van der Waals surface area contributed by atoms with Crippen LogP contribution in [0.2, 0.25) is 5.02 Å². The van der Waals surface area contributed by atoms with Crippen LogP contribution in [0.5, 0.6) is 17.2 Å². The number of carbonyl (C=O) groups is 2. The smallest absolute Gasteiger partial charge is 0.352 e. The number of nitrogens with one attached hydrogen (secondary N) is 1. The number of carboxylic acids is 1. The summed E-state index contributed by atoms with van der Waals surface area (Å²) in [4.78, 5) is 23.8. The van der Waals surface area contributed by atoms with Gasteiger partial charge in [0.05, 0.1) is 12.1 Å². The number of methoxy groups -OCH3 is 1. The molecule has 0 saturated heterocycles. The van der Waals surface area contributed by atoms with Crippen molar-refractivity contribution in [2.75, 3.05) is 7.11 Å². The zero-order chi connectivity index (χ0) is 21.5. The van der Waals surface area contributed by atoms with Crippen molar-refractivity contribution in [2.24, 2.45) is 0 Å². The number of carbonyl (C=O) groups excluding carboxylic acids is 1. The van der Waals surface area contributed by atoms with Crippen LogP contribution in [0.1, 0.15) is 15.9 Å². The van der Waals surface area contributed by atoms with Crippen LogP contribution in [-0.2, 0) is 4.79 Å². The Kier molecular flexibility index (Phi) is 6.72. The first-order chi connectivity index (χ1) is 14.5. The highest BCUT2D eigenvalue weighted by atomic mass is 35.5. The van der Waals surface area contributed by atoms with Crippen LogP contribution < -0.4 is 14.8 Å². The summed E-state index contributed by atoms with van der Waals surface area (Å²) in [6, 6.07) is 20.1. The van der Waals surface area contributed by atoms with Crippen LogP contribution in [0.25, 0.3) is 6.08 Å². The van der Waals surface area contributed by atoms with Crippen LogP contribution in [0.3, 0.4) is 0 Å². The lowest BCUT2D eigenvalue weighted by Gasteiger charge is -2.10. The third-order valence-corrected chi connectivity index (χ3v) is 4.38. The molecule has 0 atom stereocenters. The summed E-state index contributed by atoms with van der Waals surface area (Å²) in [5.41, 5.74) is 0.696. The molecule has 0 aliphatic heterocycles. The van der Waals surface area contributed by atoms with Gasteiger partial charge in [0.15, 0.2) is 0 Å². The molecule has 0 aliphatic carbocycles. The second-order valence-corrected chi connectivity index (χ2v) is 6.56. The molecule has 0 heterocycles. The van der Waals surface area contributed by atoms with Gasteiger partial charge >= 0.3 is 5.97 Å². The van der Waals surface area contributed by atoms with Gasteiger partial charge in [-0.3, -0.25) is 4.79 Å². The molecule has 152 valence electrons. The molecule has 2 N–H and O–H groups in total. The molecule has 0 fully saturated rings. The van der Waals surface area contributed by atoms with Crippen molar-refractivity contribution in [1.82, 2.24) is 5.32 Å². The van der Waals surface area contributed by atoms with E-state index < -0.39 is 11.9 Å². The minimum absolute atomic E-state index is 0.242. The normalized spacial score (nSPS) is 10.9. The predicted molar refractivity (Wildman–Crippen MR) is 114 cm³/mol. The molecular formula is C23H18ClNO5. The quantitative estimate of drug-likeness (QED) is 0.522. The summed E-state index contributed by atoms with van der Waals surface area (Å²) in [5.74, 6) is -0.206. The average Bonchev–Trinajstić information content (AvgIpc) is 2.76. The largest absolute Gasteiger partial charge is 0.497 e. The fraction of sp³-hybridized carbons (Fsp3) is 0.0435. The Bertz CT molecular complexity index is 1080. The van der Waals surface area contributed by atoms with Gasteiger partial charge in [-0.1, -0.05) is 41.9 Å². The second-order valence-electron chi connectivity index (χ2n) is 6.15. The maximum absolute atomic E-state index is 12.2. The molecule has 0 aromatic heterocycles. The van der Waals surface area contributed by atoms with Crippen molar-refractivity contribution in [3.05, 3.63) is 94.6 Å². The van der Waals surface area contributed by atoms with Crippen LogP contribution in [0, 0.1) is 0 Å². The first kappa shape index (κ1) is 21.0. The Morgan fingerprint density at radius 1 is 0.967 bits per heavy atom. The zero-order valence-corrected chi connectivity index (χ0v) is 16.7. The lowest BCUT2D eigenvalue weighted by Crippen LogP contribution is -2.27. The Morgan fingerprint density at radius 2 is 1.63 bits per heavy atom. The van der Waals surface area contributed by atoms with Gasteiger partial charge < -0.3 is 19.9 Å². The zero-order valence-electron chi connectivity index (χ0n) is 16.0. The van der Waals surface area contributed by atoms with E-state index in [2.05, 4.69) is 5.32 Å². The lowest BCUT2D eigenvalue weighted by molar-refractivity contribution is -0.132. The predicted octanol–water partition coefficient (Wildman–Crippen LogP) is 5.00. The third-order valence-electron chi connectivity index (χ3n) is 4.07. The van der Waals surface area contributed by atoms with Crippen LogP contribution in [-0.4, -0.2) is 24.1 Å². The van der Waals surface area contributed by atoms with Crippen molar-refractivity contribution < 1.29 is 24.2 Å². The Morgan fingerprint density at radius 3 is 2.27 bits per heavy atom. The van der Waals surface area contributed by atoms with Crippen molar-refractivity contribution in [2.45, 2.75) is 0 Å². The van der Waals surface area contributed by atoms with Gasteiger partial charge in [-0.25, -0.2) is 4.79 Å². The molecule has 3 aromatic rings. The molecule has 7 heteroatoms. The van der Waals surface area contributed by atoms with Gasteiger partial charge in [-0.2, -0.15) is 0 Å². The Hall–Kier alpha value is -3.77. The van der Waals surface area contributed by atoms with E-state index in [1.165, 1.54) is 6.08 Å². The number of amides is 1. The van der Waals surface area contributed by atoms with Crippen LogP contribution in [0.4, 0.5) is 0 Å². The van der Waals surface area contributed by atoms with E-state index in [0.717, 1.165) is 0 Å². The molecule has 30 heavy (non-hydrogen) atoms. The van der Waals surface area contributed by atoms with E-state index in [-0.39, 0.29) is 5.70 Å². The van der Waals surface area contributed by atoms with Crippen molar-refractivity contribution in [3.8, 4) is 17.2 Å². The van der Waals surface area contributed by atoms with E-state index in [1.807, 2.05) is 0 Å². The molecular weight excluding hydrogens is 406 g/mol. The van der Waals surface area contributed by atoms with E-state index in [9.17, 15) is 14.7 Å². The maximum atomic E-state index is 12.2. The molecule has 6 nitrogen and oxygen atoms in total. The number of carboxylic acid groups (broad SMARTS) is 1. The first-order valence-electron chi connectivity index (χ1n) is 8.89. The minimum Gasteiger partial charge on any atom is -0.497 e. The van der Waals surface area contributed by atoms with Gasteiger partial charge in [0.2, 0.25) is 0 Å². The number of ether oxygens (including phenoxy) is 2. The number of benzene rings is 3. The van der Waals surface area contributed by atoms with E-state index in [1.54, 1.807) is 79.9 Å². The van der Waals surface area contributed by atoms with Crippen LogP contribution in [0.15, 0.2) is 78.5 Å². The average molecular weight is 424 g/mol. The number of halogens is 1. The summed E-state index contributed by atoms with van der Waals surface area (Å²) in [6.45, 7) is 0. The summed E-state index contributed by atoms with van der Waals surface area (Å²) < 4.78 is 10.9. The summed E-state index contributed by atoms with van der Waals surface area (Å²) in [5, 5.41) is 12.3. The summed E-state index contributed by atoms with van der Waals surface area (Å²) in [6.07, 6.45) is 1.37. The SMILES string of the molecule is COc1ccc(Cl)c(Oc2ccc(/C=C(/NC(=O)c3ccccc3)C(=O)O)cc2)c1. The number of hydrogen-bond acceptors (Lipinski definition) is 4. The van der Waals surface area contributed by atoms with E-state index >= 15 is 0 Å². The second kappa shape index (κ2) is 9.62. The Balaban J connectivity index is 1.76. The summed E-state index contributed by atoms with van der Waals surface area (Å²) >= 11 is 6.14. The van der Waals surface area contributed by atoms with E-state index in [4.69, 9.17) is 21.1 Å². The molecule has 0 radical (unpaired) electrons. The van der Waals surface area contributed by atoms with Gasteiger partial charge in [0, 0.05) is 11.6 Å². The topological polar surface area (TPSA) is 84.9 Å². The van der Waals surface area contributed by atoms with Gasteiger partial charge in [0.25, 0.3) is 5.91 Å². The summed E-state index contributed by atoms with van der Waals surface area (Å²) in [7, 11) is 1.55. The molecule has 3 aromatic carbocycles. The Labute approximate surface area is 178 Å². The van der Waals surface area contributed by atoms with Gasteiger partial charge in [-0.05, 0) is 48.0 Å². The number of hydrogen-bond donors (Lipinski definition) is 2. The highest BCUT2D eigenvalue weighted by Gasteiger charge is 2.13. The van der Waals surface area contributed by atoms with Crippen molar-refractivity contribution >= 4 is 29.6 Å². The molecule has 0 bridgehead atoms. The highest BCUT2D eigenvalue weighted by Crippen LogP contribution is 2.32. The maximum Gasteiger partial charge on any atom is 0.352 e. The van der Waals surface area contributed by atoms with Crippen molar-refractivity contribution in [3.63, 3.8) is 0 Å². The molecule has 1 amide bonds. The lowest BCUT2D eigenvalue weighted by atomic mass is 10.1. The van der Waals surface area contributed by atoms with Gasteiger partial charge in [-0.15, -0.1) is 0 Å². The molecule has 0 saturated carbocycles. The fourth-order valence-electron chi connectivity index (χ4n) is 2.55. The molecule has 0 spiro atoms. The highest BCUT2D eigenvalue weighted by molar-refractivity contribution is 6.32. The van der Waals surface area contributed by atoms with Crippen molar-refractivity contribution in [1.29, 1.82) is 0 Å². The monoisotopic (exact) mass is 423 g/mol. The molecule has 0 aliphatic rings. The molecule has 3 rings (SSSR count). The van der Waals surface area contributed by atoms with E-state index in [0.29, 0.717) is 33.4 Å². The molecule has 0 unspecified atom stereocenters. The third kappa shape index (κ3) is 5.40.